The van der Waals surface area contributed by atoms with Crippen LogP contribution in [0.25, 0.3) is 93.4 Å². The fourth-order valence-corrected chi connectivity index (χ4v) is 10.5. The van der Waals surface area contributed by atoms with Crippen LogP contribution in [0.15, 0.2) is 133 Å². The molecule has 0 N–H and O–H groups in total. The minimum Gasteiger partial charge on any atom is -0.235 e. The highest BCUT2D eigenvalue weighted by atomic mass is 32.1. The molecule has 216 valence electrons. The number of nitrogens with zero attached hydrogens (tertiary/aromatic N) is 2. The van der Waals surface area contributed by atoms with Crippen LogP contribution in [-0.4, -0.2) is 9.97 Å². The number of rotatable bonds is 4. The first-order valence-corrected chi connectivity index (χ1v) is 18.3. The van der Waals surface area contributed by atoms with Crippen molar-refractivity contribution in [2.24, 2.45) is 0 Å². The van der Waals surface area contributed by atoms with Gasteiger partial charge in [0.15, 0.2) is 0 Å². The van der Waals surface area contributed by atoms with Crippen molar-refractivity contribution in [3.05, 3.63) is 133 Å². The van der Waals surface area contributed by atoms with Crippen LogP contribution >= 0.6 is 45.3 Å². The molecule has 10 aromatic rings. The Balaban J connectivity index is 0.996. The van der Waals surface area contributed by atoms with E-state index in [0.717, 1.165) is 21.0 Å². The number of thiophene rings is 2. The molecule has 0 aliphatic rings. The molecule has 0 atom stereocenters. The van der Waals surface area contributed by atoms with Crippen molar-refractivity contribution in [2.75, 3.05) is 0 Å². The summed E-state index contributed by atoms with van der Waals surface area (Å²) in [5.41, 5.74) is 7.09. The van der Waals surface area contributed by atoms with E-state index in [1.54, 1.807) is 22.7 Å². The van der Waals surface area contributed by atoms with Gasteiger partial charge in [-0.1, -0.05) is 84.9 Å². The lowest BCUT2D eigenvalue weighted by Crippen LogP contribution is -1.76. The van der Waals surface area contributed by atoms with Crippen molar-refractivity contribution in [1.82, 2.24) is 9.97 Å². The van der Waals surface area contributed by atoms with Gasteiger partial charge in [0, 0.05) is 9.40 Å². The van der Waals surface area contributed by atoms with E-state index in [2.05, 4.69) is 133 Å². The molecule has 10 rings (SSSR count). The van der Waals surface area contributed by atoms with Crippen molar-refractivity contribution >= 4 is 96.7 Å². The first-order valence-electron chi connectivity index (χ1n) is 15.0. The highest BCUT2D eigenvalue weighted by Crippen LogP contribution is 2.42. The molecule has 4 aromatic heterocycles. The summed E-state index contributed by atoms with van der Waals surface area (Å²) >= 11 is 7.19. The largest absolute Gasteiger partial charge is 0.235 e. The fraction of sp³-hybridized carbons (Fsp3) is 0. The van der Waals surface area contributed by atoms with Crippen LogP contribution < -0.4 is 0 Å². The van der Waals surface area contributed by atoms with E-state index in [0.29, 0.717) is 0 Å². The number of fused-ring (bicyclic) bond motifs is 5. The smallest absolute Gasteiger partial charge is 0.134 e. The molecule has 4 heterocycles. The minimum absolute atomic E-state index is 1.05. The van der Waals surface area contributed by atoms with E-state index >= 15 is 0 Å². The first-order chi connectivity index (χ1) is 22.7. The third kappa shape index (κ3) is 4.49. The molecule has 0 radical (unpaired) electrons. The highest BCUT2D eigenvalue weighted by molar-refractivity contribution is 7.28. The maximum atomic E-state index is 5.11. The number of aromatic nitrogens is 2. The van der Waals surface area contributed by atoms with Crippen molar-refractivity contribution in [3.8, 4) is 42.0 Å². The van der Waals surface area contributed by atoms with Gasteiger partial charge >= 0.3 is 0 Å². The molecule has 0 saturated heterocycles. The van der Waals surface area contributed by atoms with Gasteiger partial charge in [0.05, 0.1) is 30.2 Å². The molecular weight excluding hydrogens is 637 g/mol. The number of benzene rings is 6. The Bertz CT molecular complexity index is 2490. The Hall–Kier alpha value is -4.72. The van der Waals surface area contributed by atoms with Crippen LogP contribution in [0.3, 0.4) is 0 Å². The molecule has 0 aliphatic carbocycles. The normalized spacial score (nSPS) is 11.9. The molecule has 6 heteroatoms. The molecule has 6 aromatic carbocycles. The average Bonchev–Trinajstić information content (AvgIpc) is 3.90. The molecule has 0 fully saturated rings. The predicted octanol–water partition coefficient (Wildman–Crippen LogP) is 13.2. The Labute approximate surface area is 280 Å². The standard InChI is InChI=1S/C40H22N2S4/c1-3-7-23(8-4-1)25-11-13-27-19-37(43-33(27)17-25)39-41-31-15-29-22-36-32(16-30(29)21-35(31)45-39)42-40(46-36)38-20-28-14-12-26(18-34(28)44-38)24-9-5-2-6-10-24/h1-22H. The zero-order valence-electron chi connectivity index (χ0n) is 24.2. The monoisotopic (exact) mass is 658 g/mol. The second-order valence-electron chi connectivity index (χ2n) is 11.5. The molecule has 0 spiro atoms. The average molecular weight is 659 g/mol. The summed E-state index contributed by atoms with van der Waals surface area (Å²) < 4.78 is 4.99. The third-order valence-corrected chi connectivity index (χ3v) is 13.1. The van der Waals surface area contributed by atoms with E-state index in [4.69, 9.17) is 9.97 Å². The summed E-state index contributed by atoms with van der Waals surface area (Å²) in [6, 6.07) is 48.3. The molecule has 0 bridgehead atoms. The summed E-state index contributed by atoms with van der Waals surface area (Å²) in [7, 11) is 0. The van der Waals surface area contributed by atoms with E-state index in [1.165, 1.54) is 72.4 Å². The van der Waals surface area contributed by atoms with Crippen molar-refractivity contribution < 1.29 is 0 Å². The van der Waals surface area contributed by atoms with Gasteiger partial charge in [-0.2, -0.15) is 0 Å². The lowest BCUT2D eigenvalue weighted by molar-refractivity contribution is 1.50. The van der Waals surface area contributed by atoms with E-state index in [1.807, 2.05) is 22.7 Å². The molecule has 0 aliphatic heterocycles. The minimum atomic E-state index is 1.05. The van der Waals surface area contributed by atoms with E-state index in [9.17, 15) is 0 Å². The van der Waals surface area contributed by atoms with Crippen molar-refractivity contribution in [2.45, 2.75) is 0 Å². The summed E-state index contributed by atoms with van der Waals surface area (Å²) in [5.74, 6) is 0. The van der Waals surface area contributed by atoms with Crippen molar-refractivity contribution in [3.63, 3.8) is 0 Å². The van der Waals surface area contributed by atoms with Crippen LogP contribution in [0.5, 0.6) is 0 Å². The first kappa shape index (κ1) is 26.5. The topological polar surface area (TPSA) is 25.8 Å². The van der Waals surface area contributed by atoms with Crippen LogP contribution in [-0.2, 0) is 0 Å². The van der Waals surface area contributed by atoms with Crippen LogP contribution in [0, 0.1) is 0 Å². The van der Waals surface area contributed by atoms with Gasteiger partial charge in [-0.3, -0.25) is 0 Å². The number of hydrogen-bond donors (Lipinski definition) is 0. The fourth-order valence-electron chi connectivity index (χ4n) is 6.20. The number of thiazole rings is 2. The van der Waals surface area contributed by atoms with Gasteiger partial charge in [-0.25, -0.2) is 9.97 Å². The second kappa shape index (κ2) is 10.4. The van der Waals surface area contributed by atoms with Crippen LogP contribution in [0.4, 0.5) is 0 Å². The third-order valence-electron chi connectivity index (χ3n) is 8.53. The Kier molecular flexibility index (Phi) is 5.99. The molecular formula is C40H22N2S4. The highest BCUT2D eigenvalue weighted by Gasteiger charge is 2.15. The molecule has 2 nitrogen and oxygen atoms in total. The lowest BCUT2D eigenvalue weighted by atomic mass is 10.1. The summed E-state index contributed by atoms with van der Waals surface area (Å²) in [5, 5.41) is 7.10. The number of hydrogen-bond acceptors (Lipinski definition) is 6. The van der Waals surface area contributed by atoms with Crippen LogP contribution in [0.2, 0.25) is 0 Å². The predicted molar refractivity (Wildman–Crippen MR) is 203 cm³/mol. The van der Waals surface area contributed by atoms with Crippen molar-refractivity contribution in [1.29, 1.82) is 0 Å². The maximum absolute atomic E-state index is 5.11. The van der Waals surface area contributed by atoms with E-state index in [-0.39, 0.29) is 0 Å². The van der Waals surface area contributed by atoms with Gasteiger partial charge in [0.2, 0.25) is 0 Å². The second-order valence-corrected chi connectivity index (χ2v) is 15.7. The van der Waals surface area contributed by atoms with Gasteiger partial charge in [0.25, 0.3) is 0 Å². The maximum Gasteiger partial charge on any atom is 0.134 e. The van der Waals surface area contributed by atoms with Crippen LogP contribution in [0.1, 0.15) is 0 Å². The quantitative estimate of drug-likeness (QED) is 0.188. The molecule has 0 unspecified atom stereocenters. The van der Waals surface area contributed by atoms with E-state index < -0.39 is 0 Å². The Morgan fingerprint density at radius 2 is 0.783 bits per heavy atom. The lowest BCUT2D eigenvalue weighted by Gasteiger charge is -2.00. The Morgan fingerprint density at radius 3 is 1.24 bits per heavy atom. The Morgan fingerprint density at radius 1 is 0.326 bits per heavy atom. The van der Waals surface area contributed by atoms with Gasteiger partial charge < -0.3 is 0 Å². The zero-order valence-corrected chi connectivity index (χ0v) is 27.5. The SMILES string of the molecule is c1ccc(-c2ccc3cc(-c4nc5cc6cc7sc(-c8cc9ccc(-c%10ccccc%10)cc9s8)nc7cc6cc5s4)sc3c2)cc1. The molecule has 0 amide bonds. The summed E-state index contributed by atoms with van der Waals surface area (Å²) in [6.45, 7) is 0. The zero-order chi connectivity index (χ0) is 30.2. The van der Waals surface area contributed by atoms with Gasteiger partial charge in [-0.15, -0.1) is 45.3 Å². The summed E-state index contributed by atoms with van der Waals surface area (Å²) in [4.78, 5) is 12.7. The molecule has 46 heavy (non-hydrogen) atoms. The summed E-state index contributed by atoms with van der Waals surface area (Å²) in [6.07, 6.45) is 0. The molecule has 0 saturated carbocycles. The van der Waals surface area contributed by atoms with Gasteiger partial charge in [-0.05, 0) is 92.3 Å². The van der Waals surface area contributed by atoms with Gasteiger partial charge in [0.1, 0.15) is 10.0 Å².